The summed E-state index contributed by atoms with van der Waals surface area (Å²) < 4.78 is 27.8. The van der Waals surface area contributed by atoms with Gasteiger partial charge in [0, 0.05) is 51.7 Å². The molecule has 2 aromatic rings. The molecule has 0 aliphatic carbocycles. The summed E-state index contributed by atoms with van der Waals surface area (Å²) in [4.78, 5) is 21.9. The Balaban J connectivity index is 1.42. The summed E-state index contributed by atoms with van der Waals surface area (Å²) in [5.41, 5.74) is 1.16. The first-order valence-corrected chi connectivity index (χ1v) is 12.0. The minimum absolute atomic E-state index is 0.0600. The van der Waals surface area contributed by atoms with E-state index in [0.29, 0.717) is 26.1 Å². The molecular formula is C22H28N4O3S. The first-order valence-electron chi connectivity index (χ1n) is 10.5. The zero-order valence-electron chi connectivity index (χ0n) is 17.1. The predicted molar refractivity (Wildman–Crippen MR) is 114 cm³/mol. The van der Waals surface area contributed by atoms with Crippen LogP contribution < -0.4 is 0 Å². The Morgan fingerprint density at radius 2 is 1.73 bits per heavy atom. The number of piperazine rings is 1. The second kappa shape index (κ2) is 9.24. The summed E-state index contributed by atoms with van der Waals surface area (Å²) in [7, 11) is -3.68. The van der Waals surface area contributed by atoms with Gasteiger partial charge in [0.15, 0.2) is 0 Å². The maximum Gasteiger partial charge on any atom is 0.243 e. The fraction of sp³-hybridized carbons (Fsp3) is 0.455. The number of benzene rings is 1. The molecule has 2 saturated heterocycles. The molecule has 2 fully saturated rings. The monoisotopic (exact) mass is 428 g/mol. The number of carbonyl (C=O) groups excluding carboxylic acids is 1. The minimum atomic E-state index is -3.68. The van der Waals surface area contributed by atoms with E-state index in [1.54, 1.807) is 36.5 Å². The number of carbonyl (C=O) groups is 1. The average molecular weight is 429 g/mol. The molecule has 2 aliphatic heterocycles. The molecule has 30 heavy (non-hydrogen) atoms. The topological polar surface area (TPSA) is 73.8 Å². The predicted octanol–water partition coefficient (Wildman–Crippen LogP) is 1.97. The van der Waals surface area contributed by atoms with E-state index in [-0.39, 0.29) is 10.8 Å². The van der Waals surface area contributed by atoms with Crippen molar-refractivity contribution in [2.75, 3.05) is 32.7 Å². The highest BCUT2D eigenvalue weighted by Gasteiger charge is 2.39. The summed E-state index contributed by atoms with van der Waals surface area (Å²) in [5.74, 6) is -0.0600. The second-order valence-electron chi connectivity index (χ2n) is 7.90. The van der Waals surface area contributed by atoms with Gasteiger partial charge in [0.1, 0.15) is 6.04 Å². The van der Waals surface area contributed by atoms with Crippen LogP contribution in [-0.4, -0.2) is 72.2 Å². The summed E-state index contributed by atoms with van der Waals surface area (Å²) in [6, 6.07) is 11.8. The van der Waals surface area contributed by atoms with Gasteiger partial charge in [-0.15, -0.1) is 0 Å². The van der Waals surface area contributed by atoms with E-state index in [1.807, 2.05) is 17.2 Å². The maximum absolute atomic E-state index is 13.3. The van der Waals surface area contributed by atoms with Crippen molar-refractivity contribution in [2.24, 2.45) is 0 Å². The van der Waals surface area contributed by atoms with E-state index < -0.39 is 16.1 Å². The molecule has 8 heteroatoms. The molecule has 0 N–H and O–H groups in total. The van der Waals surface area contributed by atoms with Crippen molar-refractivity contribution >= 4 is 15.9 Å². The van der Waals surface area contributed by atoms with Crippen molar-refractivity contribution in [3.8, 4) is 0 Å². The van der Waals surface area contributed by atoms with Crippen molar-refractivity contribution in [3.63, 3.8) is 0 Å². The third-order valence-electron chi connectivity index (χ3n) is 5.90. The number of hydrogen-bond donors (Lipinski definition) is 0. The third kappa shape index (κ3) is 4.55. The van der Waals surface area contributed by atoms with Crippen LogP contribution in [0.3, 0.4) is 0 Å². The van der Waals surface area contributed by atoms with Crippen molar-refractivity contribution < 1.29 is 13.2 Å². The highest BCUT2D eigenvalue weighted by Crippen LogP contribution is 2.27. The molecule has 2 aliphatic rings. The van der Waals surface area contributed by atoms with E-state index in [9.17, 15) is 13.2 Å². The number of rotatable bonds is 5. The van der Waals surface area contributed by atoms with Crippen molar-refractivity contribution in [2.45, 2.75) is 36.7 Å². The van der Waals surface area contributed by atoms with Gasteiger partial charge in [0.05, 0.1) is 4.90 Å². The Kier molecular flexibility index (Phi) is 6.46. The van der Waals surface area contributed by atoms with Crippen LogP contribution in [-0.2, 0) is 21.4 Å². The van der Waals surface area contributed by atoms with Gasteiger partial charge >= 0.3 is 0 Å². The van der Waals surface area contributed by atoms with E-state index >= 15 is 0 Å². The Bertz CT molecular complexity index is 945. The standard InChI is InChI=1S/C22H28N4O3S/c27-22(25-15-13-24(14-16-25)18-19-7-6-11-23-17-19)21-10-4-5-12-26(21)30(28,29)20-8-2-1-3-9-20/h1-3,6-9,11,17,21H,4-5,10,12-16,18H2. The van der Waals surface area contributed by atoms with Crippen LogP contribution in [0.15, 0.2) is 59.8 Å². The Morgan fingerprint density at radius 3 is 2.43 bits per heavy atom. The lowest BCUT2D eigenvalue weighted by Crippen LogP contribution is -2.56. The third-order valence-corrected chi connectivity index (χ3v) is 7.82. The molecule has 7 nitrogen and oxygen atoms in total. The quantitative estimate of drug-likeness (QED) is 0.728. The van der Waals surface area contributed by atoms with Gasteiger partial charge in [0.25, 0.3) is 0 Å². The molecule has 1 amide bonds. The molecule has 0 radical (unpaired) electrons. The van der Waals surface area contributed by atoms with Crippen LogP contribution in [0.25, 0.3) is 0 Å². The van der Waals surface area contributed by atoms with Crippen molar-refractivity contribution in [1.29, 1.82) is 0 Å². The number of hydrogen-bond acceptors (Lipinski definition) is 5. The van der Waals surface area contributed by atoms with Gasteiger partial charge in [-0.1, -0.05) is 30.7 Å². The lowest BCUT2D eigenvalue weighted by atomic mass is 10.0. The molecule has 0 bridgehead atoms. The molecule has 1 aromatic carbocycles. The highest BCUT2D eigenvalue weighted by atomic mass is 32.2. The maximum atomic E-state index is 13.3. The molecule has 1 atom stereocenters. The van der Waals surface area contributed by atoms with Crippen LogP contribution in [0.4, 0.5) is 0 Å². The molecule has 1 aromatic heterocycles. The first kappa shape index (κ1) is 21.0. The number of aromatic nitrogens is 1. The number of sulfonamides is 1. The normalized spacial score (nSPS) is 21.5. The van der Waals surface area contributed by atoms with Gasteiger partial charge in [-0.25, -0.2) is 8.42 Å². The molecule has 160 valence electrons. The number of piperidine rings is 1. The minimum Gasteiger partial charge on any atom is -0.339 e. The lowest BCUT2D eigenvalue weighted by molar-refractivity contribution is -0.138. The Hall–Kier alpha value is -2.29. The number of amides is 1. The zero-order chi connectivity index (χ0) is 21.0. The fourth-order valence-electron chi connectivity index (χ4n) is 4.25. The average Bonchev–Trinajstić information content (AvgIpc) is 2.80. The van der Waals surface area contributed by atoms with E-state index in [0.717, 1.165) is 38.0 Å². The zero-order valence-corrected chi connectivity index (χ0v) is 17.9. The van der Waals surface area contributed by atoms with Crippen LogP contribution in [0.5, 0.6) is 0 Å². The molecule has 3 heterocycles. The smallest absolute Gasteiger partial charge is 0.243 e. The summed E-state index contributed by atoms with van der Waals surface area (Å²) >= 11 is 0. The van der Waals surface area contributed by atoms with Gasteiger partial charge < -0.3 is 4.90 Å². The Labute approximate surface area is 178 Å². The summed E-state index contributed by atoms with van der Waals surface area (Å²) in [6.45, 7) is 4.00. The van der Waals surface area contributed by atoms with Gasteiger partial charge in [-0.2, -0.15) is 4.31 Å². The molecule has 0 saturated carbocycles. The van der Waals surface area contributed by atoms with E-state index in [1.165, 1.54) is 4.31 Å². The number of nitrogens with zero attached hydrogens (tertiary/aromatic N) is 4. The fourth-order valence-corrected chi connectivity index (χ4v) is 5.93. The first-order chi connectivity index (χ1) is 14.6. The second-order valence-corrected chi connectivity index (χ2v) is 9.79. The number of pyridine rings is 1. The molecular weight excluding hydrogens is 400 g/mol. The Morgan fingerprint density at radius 1 is 0.967 bits per heavy atom. The lowest BCUT2D eigenvalue weighted by Gasteiger charge is -2.40. The van der Waals surface area contributed by atoms with Gasteiger partial charge in [0.2, 0.25) is 15.9 Å². The van der Waals surface area contributed by atoms with E-state index in [2.05, 4.69) is 16.0 Å². The van der Waals surface area contributed by atoms with Crippen LogP contribution in [0.1, 0.15) is 24.8 Å². The molecule has 1 unspecified atom stereocenters. The summed E-state index contributed by atoms with van der Waals surface area (Å²) in [5, 5.41) is 0. The highest BCUT2D eigenvalue weighted by molar-refractivity contribution is 7.89. The SMILES string of the molecule is O=C(C1CCCCN1S(=O)(=O)c1ccccc1)N1CCN(Cc2cccnc2)CC1. The van der Waals surface area contributed by atoms with Crippen LogP contribution in [0, 0.1) is 0 Å². The van der Waals surface area contributed by atoms with Gasteiger partial charge in [-0.3, -0.25) is 14.7 Å². The van der Waals surface area contributed by atoms with Crippen LogP contribution in [0.2, 0.25) is 0 Å². The largest absolute Gasteiger partial charge is 0.339 e. The van der Waals surface area contributed by atoms with Crippen molar-refractivity contribution in [3.05, 3.63) is 60.4 Å². The van der Waals surface area contributed by atoms with E-state index in [4.69, 9.17) is 0 Å². The van der Waals surface area contributed by atoms with Gasteiger partial charge in [-0.05, 0) is 36.6 Å². The van der Waals surface area contributed by atoms with Crippen molar-refractivity contribution in [1.82, 2.24) is 19.1 Å². The summed E-state index contributed by atoms with van der Waals surface area (Å²) in [6.07, 6.45) is 5.87. The van der Waals surface area contributed by atoms with Crippen LogP contribution >= 0.6 is 0 Å². The molecule has 0 spiro atoms. The molecule has 4 rings (SSSR count).